The zero-order valence-electron chi connectivity index (χ0n) is 9.79. The minimum Gasteiger partial charge on any atom is -0.480 e. The monoisotopic (exact) mass is 246 g/mol. The van der Waals surface area contributed by atoms with Crippen molar-refractivity contribution >= 4 is 23.8 Å². The highest BCUT2D eigenvalue weighted by molar-refractivity contribution is 8.00. The van der Waals surface area contributed by atoms with Gasteiger partial charge in [0.2, 0.25) is 0 Å². The minimum absolute atomic E-state index is 0.185. The number of carboxylic acid groups (broad SMARTS) is 1. The van der Waals surface area contributed by atoms with Crippen molar-refractivity contribution in [1.29, 1.82) is 0 Å². The molecular formula is C10H18N2O3S. The lowest BCUT2D eigenvalue weighted by molar-refractivity contribution is -0.142. The van der Waals surface area contributed by atoms with Crippen LogP contribution >= 0.6 is 11.8 Å². The molecule has 0 aliphatic heterocycles. The number of urea groups is 1. The lowest BCUT2D eigenvalue weighted by Crippen LogP contribution is -2.54. The third kappa shape index (κ3) is 3.30. The fraction of sp³-hybridized carbons (Fsp3) is 0.800. The largest absolute Gasteiger partial charge is 0.480 e. The van der Waals surface area contributed by atoms with E-state index in [0.29, 0.717) is 6.54 Å². The van der Waals surface area contributed by atoms with Gasteiger partial charge in [-0.15, -0.1) is 0 Å². The van der Waals surface area contributed by atoms with E-state index in [4.69, 9.17) is 5.11 Å². The molecule has 0 aromatic rings. The third-order valence-corrected chi connectivity index (χ3v) is 4.19. The Bertz CT molecular complexity index is 300. The Labute approximate surface area is 99.4 Å². The highest BCUT2D eigenvalue weighted by Gasteiger charge is 2.42. The summed E-state index contributed by atoms with van der Waals surface area (Å²) >= 11 is 1.75. The van der Waals surface area contributed by atoms with Crippen LogP contribution in [0.1, 0.15) is 26.7 Å². The van der Waals surface area contributed by atoms with Crippen LogP contribution in [0.5, 0.6) is 0 Å². The molecule has 0 aromatic carbocycles. The summed E-state index contributed by atoms with van der Waals surface area (Å²) in [7, 11) is 0. The molecule has 0 saturated heterocycles. The zero-order valence-corrected chi connectivity index (χ0v) is 10.6. The topological polar surface area (TPSA) is 78.4 Å². The van der Waals surface area contributed by atoms with E-state index >= 15 is 0 Å². The number of hydrogen-bond donors (Lipinski definition) is 3. The molecule has 0 unspecified atom stereocenters. The summed E-state index contributed by atoms with van der Waals surface area (Å²) < 4.78 is 0.185. The molecule has 6 heteroatoms. The van der Waals surface area contributed by atoms with Crippen LogP contribution < -0.4 is 10.6 Å². The van der Waals surface area contributed by atoms with E-state index in [-0.39, 0.29) is 4.75 Å². The second-order valence-electron chi connectivity index (χ2n) is 4.62. The van der Waals surface area contributed by atoms with Gasteiger partial charge in [0.1, 0.15) is 5.54 Å². The molecule has 3 N–H and O–H groups in total. The molecule has 1 saturated carbocycles. The van der Waals surface area contributed by atoms with Crippen LogP contribution in [0.15, 0.2) is 0 Å². The summed E-state index contributed by atoms with van der Waals surface area (Å²) in [6, 6.07) is -0.423. The van der Waals surface area contributed by atoms with E-state index in [1.807, 2.05) is 6.26 Å². The summed E-state index contributed by atoms with van der Waals surface area (Å²) in [4.78, 5) is 22.2. The molecule has 0 bridgehead atoms. The molecule has 1 rings (SSSR count). The number of thioether (sulfide) groups is 1. The molecule has 0 heterocycles. The van der Waals surface area contributed by atoms with E-state index in [9.17, 15) is 9.59 Å². The predicted molar refractivity (Wildman–Crippen MR) is 63.7 cm³/mol. The Balaban J connectivity index is 2.34. The van der Waals surface area contributed by atoms with Crippen LogP contribution in [0, 0.1) is 0 Å². The number of hydrogen-bond acceptors (Lipinski definition) is 3. The number of carboxylic acids is 1. The van der Waals surface area contributed by atoms with Crippen molar-refractivity contribution in [3.63, 3.8) is 0 Å². The maximum atomic E-state index is 11.5. The third-order valence-electron chi connectivity index (χ3n) is 2.77. The Morgan fingerprint density at radius 1 is 1.44 bits per heavy atom. The number of rotatable bonds is 5. The Kier molecular flexibility index (Phi) is 3.72. The number of nitrogens with one attached hydrogen (secondary N) is 2. The molecule has 0 radical (unpaired) electrons. The van der Waals surface area contributed by atoms with Crippen molar-refractivity contribution in [2.45, 2.75) is 37.0 Å². The second kappa shape index (κ2) is 4.53. The lowest BCUT2D eigenvalue weighted by Gasteiger charge is -2.22. The average molecular weight is 246 g/mol. The Morgan fingerprint density at radius 2 is 2.00 bits per heavy atom. The van der Waals surface area contributed by atoms with Crippen molar-refractivity contribution in [3.8, 4) is 0 Å². The van der Waals surface area contributed by atoms with Crippen molar-refractivity contribution in [3.05, 3.63) is 0 Å². The molecular weight excluding hydrogens is 228 g/mol. The summed E-state index contributed by atoms with van der Waals surface area (Å²) in [6.07, 6.45) is 4.24. The minimum atomic E-state index is -1.24. The first-order chi connectivity index (χ1) is 7.31. The fourth-order valence-corrected chi connectivity index (χ4v) is 1.94. The SMILES string of the molecule is CSC1(CNC(=O)NC(C)(C)C(=O)O)CC1. The first-order valence-corrected chi connectivity index (χ1v) is 6.38. The van der Waals surface area contributed by atoms with Gasteiger partial charge in [-0.2, -0.15) is 11.8 Å². The van der Waals surface area contributed by atoms with Gasteiger partial charge >= 0.3 is 12.0 Å². The molecule has 1 aliphatic carbocycles. The average Bonchev–Trinajstić information content (AvgIpc) is 2.94. The molecule has 2 amide bonds. The van der Waals surface area contributed by atoms with Gasteiger partial charge in [-0.25, -0.2) is 9.59 Å². The summed E-state index contributed by atoms with van der Waals surface area (Å²) in [5, 5.41) is 14.0. The quantitative estimate of drug-likeness (QED) is 0.677. The normalized spacial score (nSPS) is 17.7. The van der Waals surface area contributed by atoms with E-state index in [1.54, 1.807) is 11.8 Å². The van der Waals surface area contributed by atoms with Crippen LogP contribution in [0.2, 0.25) is 0 Å². The summed E-state index contributed by atoms with van der Waals surface area (Å²) in [6.45, 7) is 3.50. The van der Waals surface area contributed by atoms with Gasteiger partial charge in [0.25, 0.3) is 0 Å². The Morgan fingerprint density at radius 3 is 2.38 bits per heavy atom. The number of amides is 2. The highest BCUT2D eigenvalue weighted by atomic mass is 32.2. The van der Waals surface area contributed by atoms with E-state index in [2.05, 4.69) is 10.6 Å². The van der Waals surface area contributed by atoms with Crippen LogP contribution in [0.3, 0.4) is 0 Å². The van der Waals surface area contributed by atoms with Gasteiger partial charge in [0, 0.05) is 11.3 Å². The molecule has 1 fully saturated rings. The first kappa shape index (κ1) is 13.2. The smallest absolute Gasteiger partial charge is 0.328 e. The van der Waals surface area contributed by atoms with Crippen LogP contribution in [0.4, 0.5) is 4.79 Å². The zero-order chi connectivity index (χ0) is 12.4. The molecule has 0 spiro atoms. The molecule has 0 aromatic heterocycles. The molecule has 0 atom stereocenters. The van der Waals surface area contributed by atoms with E-state index < -0.39 is 17.5 Å². The van der Waals surface area contributed by atoms with Gasteiger partial charge in [-0.05, 0) is 32.9 Å². The maximum Gasteiger partial charge on any atom is 0.328 e. The Hall–Kier alpha value is -0.910. The van der Waals surface area contributed by atoms with Gasteiger partial charge in [-0.3, -0.25) is 0 Å². The fourth-order valence-electron chi connectivity index (χ4n) is 1.22. The number of aliphatic carboxylic acids is 1. The first-order valence-electron chi connectivity index (χ1n) is 5.16. The van der Waals surface area contributed by atoms with Crippen molar-refractivity contribution < 1.29 is 14.7 Å². The van der Waals surface area contributed by atoms with Crippen molar-refractivity contribution in [2.75, 3.05) is 12.8 Å². The predicted octanol–water partition coefficient (Wildman–Crippen LogP) is 1.04. The van der Waals surface area contributed by atoms with Crippen molar-refractivity contribution in [2.24, 2.45) is 0 Å². The van der Waals surface area contributed by atoms with Crippen LogP contribution in [-0.4, -0.2) is 40.2 Å². The van der Waals surface area contributed by atoms with Crippen LogP contribution in [0.25, 0.3) is 0 Å². The van der Waals surface area contributed by atoms with Gasteiger partial charge < -0.3 is 15.7 Å². The number of carbonyl (C=O) groups is 2. The lowest BCUT2D eigenvalue weighted by atomic mass is 10.1. The van der Waals surface area contributed by atoms with Crippen molar-refractivity contribution in [1.82, 2.24) is 10.6 Å². The maximum absolute atomic E-state index is 11.5. The molecule has 16 heavy (non-hydrogen) atoms. The standard InChI is InChI=1S/C10H18N2O3S/c1-9(2,7(13)14)12-8(15)11-6-10(16-3)4-5-10/h4-6H2,1-3H3,(H,13,14)(H2,11,12,15). The molecule has 92 valence electrons. The van der Waals surface area contributed by atoms with Crippen LogP contribution in [-0.2, 0) is 4.79 Å². The van der Waals surface area contributed by atoms with Gasteiger partial charge in [0.05, 0.1) is 0 Å². The van der Waals surface area contributed by atoms with Gasteiger partial charge in [-0.1, -0.05) is 0 Å². The summed E-state index contributed by atoms with van der Waals surface area (Å²) in [5.41, 5.74) is -1.24. The number of carbonyl (C=O) groups excluding carboxylic acids is 1. The molecule has 1 aliphatic rings. The van der Waals surface area contributed by atoms with E-state index in [1.165, 1.54) is 13.8 Å². The highest BCUT2D eigenvalue weighted by Crippen LogP contribution is 2.46. The van der Waals surface area contributed by atoms with Gasteiger partial charge in [0.15, 0.2) is 0 Å². The van der Waals surface area contributed by atoms with E-state index in [0.717, 1.165) is 12.8 Å². The second-order valence-corrected chi connectivity index (χ2v) is 5.90. The molecule has 5 nitrogen and oxygen atoms in total. The summed E-state index contributed by atoms with van der Waals surface area (Å²) in [5.74, 6) is -1.05.